The summed E-state index contributed by atoms with van der Waals surface area (Å²) in [5, 5.41) is 7.96. The van der Waals surface area contributed by atoms with Crippen LogP contribution in [0.1, 0.15) is 36.5 Å². The zero-order chi connectivity index (χ0) is 25.1. The number of amides is 1. The molecule has 1 saturated heterocycles. The van der Waals surface area contributed by atoms with Gasteiger partial charge in [-0.15, -0.1) is 0 Å². The van der Waals surface area contributed by atoms with Crippen molar-refractivity contribution in [3.63, 3.8) is 0 Å². The Balaban J connectivity index is 1.33. The molecule has 0 saturated carbocycles. The molecular formula is C29H33N5O2. The van der Waals surface area contributed by atoms with Crippen LogP contribution >= 0.6 is 0 Å². The molecule has 5 rings (SSSR count). The van der Waals surface area contributed by atoms with E-state index in [0.717, 1.165) is 53.3 Å². The fourth-order valence-electron chi connectivity index (χ4n) is 5.04. The Labute approximate surface area is 212 Å². The van der Waals surface area contributed by atoms with E-state index in [1.54, 1.807) is 6.20 Å². The minimum Gasteiger partial charge on any atom is -0.494 e. The molecule has 1 atom stereocenters. The number of rotatable bonds is 7. The first-order valence-corrected chi connectivity index (χ1v) is 12.7. The normalized spacial score (nSPS) is 15.8. The van der Waals surface area contributed by atoms with Gasteiger partial charge >= 0.3 is 0 Å². The van der Waals surface area contributed by atoms with Crippen molar-refractivity contribution in [3.8, 4) is 17.0 Å². The number of ether oxygens (including phenoxy) is 1. The Morgan fingerprint density at radius 3 is 2.86 bits per heavy atom. The van der Waals surface area contributed by atoms with E-state index in [-0.39, 0.29) is 11.8 Å². The van der Waals surface area contributed by atoms with Crippen molar-refractivity contribution in [3.05, 3.63) is 77.6 Å². The number of hydrogen-bond donors (Lipinski definition) is 1. The van der Waals surface area contributed by atoms with Gasteiger partial charge in [0, 0.05) is 43.2 Å². The number of carbonyl (C=O) groups is 1. The Hall–Kier alpha value is -3.87. The van der Waals surface area contributed by atoms with Crippen LogP contribution in [0.5, 0.6) is 5.75 Å². The molecule has 1 fully saturated rings. The number of para-hydroxylation sites is 1. The van der Waals surface area contributed by atoms with Gasteiger partial charge in [-0.1, -0.05) is 42.0 Å². The molecule has 1 unspecified atom stereocenters. The highest BCUT2D eigenvalue weighted by molar-refractivity contribution is 5.81. The van der Waals surface area contributed by atoms with Gasteiger partial charge in [-0.2, -0.15) is 5.10 Å². The van der Waals surface area contributed by atoms with Crippen LogP contribution in [-0.2, 0) is 11.3 Å². The Bertz CT molecular complexity index is 1380. The standard InChI is InChI=1S/C29H33N5O2/c1-4-36-27-10-6-5-8-22(27)18-31-29(35)23-9-7-14-33(19-23)28-26-17-25(32-34(26)15-13-30-28)24-12-11-20(2)16-21(24)3/h5-6,8,10-13,15-17,23H,4,7,9,14,18-19H2,1-3H3,(H,31,35). The molecule has 186 valence electrons. The van der Waals surface area contributed by atoms with E-state index < -0.39 is 0 Å². The van der Waals surface area contributed by atoms with Gasteiger partial charge in [0.15, 0.2) is 5.82 Å². The van der Waals surface area contributed by atoms with Crippen LogP contribution in [0.4, 0.5) is 5.82 Å². The first kappa shape index (κ1) is 23.9. The molecule has 0 radical (unpaired) electrons. The predicted molar refractivity (Wildman–Crippen MR) is 142 cm³/mol. The van der Waals surface area contributed by atoms with E-state index >= 15 is 0 Å². The molecule has 4 aromatic rings. The third-order valence-electron chi connectivity index (χ3n) is 6.84. The van der Waals surface area contributed by atoms with Crippen molar-refractivity contribution < 1.29 is 9.53 Å². The minimum absolute atomic E-state index is 0.0717. The van der Waals surface area contributed by atoms with Crippen molar-refractivity contribution in [1.29, 1.82) is 0 Å². The molecule has 0 spiro atoms. The molecule has 0 bridgehead atoms. The Kier molecular flexibility index (Phi) is 6.89. The van der Waals surface area contributed by atoms with Gasteiger partial charge in [0.25, 0.3) is 0 Å². The average Bonchev–Trinajstić information content (AvgIpc) is 3.32. The lowest BCUT2D eigenvalue weighted by Gasteiger charge is -2.33. The number of nitrogens with one attached hydrogen (secondary N) is 1. The summed E-state index contributed by atoms with van der Waals surface area (Å²) in [7, 11) is 0. The molecule has 3 heterocycles. The van der Waals surface area contributed by atoms with E-state index in [0.29, 0.717) is 19.7 Å². The third-order valence-corrected chi connectivity index (χ3v) is 6.84. The lowest BCUT2D eigenvalue weighted by molar-refractivity contribution is -0.125. The summed E-state index contributed by atoms with van der Waals surface area (Å²) in [5.41, 5.74) is 6.44. The van der Waals surface area contributed by atoms with Gasteiger partial charge < -0.3 is 15.0 Å². The highest BCUT2D eigenvalue weighted by Gasteiger charge is 2.28. The van der Waals surface area contributed by atoms with Gasteiger partial charge in [-0.3, -0.25) is 4.79 Å². The molecule has 0 aliphatic carbocycles. The SMILES string of the molecule is CCOc1ccccc1CNC(=O)C1CCCN(c2nccn3nc(-c4ccc(C)cc4C)cc23)C1. The second kappa shape index (κ2) is 10.4. The van der Waals surface area contributed by atoms with Crippen molar-refractivity contribution in [2.45, 2.75) is 40.2 Å². The summed E-state index contributed by atoms with van der Waals surface area (Å²) in [6.45, 7) is 8.74. The predicted octanol–water partition coefficient (Wildman–Crippen LogP) is 4.94. The largest absolute Gasteiger partial charge is 0.494 e. The van der Waals surface area contributed by atoms with Gasteiger partial charge in [-0.05, 0) is 51.3 Å². The van der Waals surface area contributed by atoms with Crippen LogP contribution in [0, 0.1) is 19.8 Å². The second-order valence-corrected chi connectivity index (χ2v) is 9.47. The molecule has 1 N–H and O–H groups in total. The lowest BCUT2D eigenvalue weighted by atomic mass is 9.97. The number of anilines is 1. The number of aromatic nitrogens is 3. The van der Waals surface area contributed by atoms with Crippen LogP contribution in [0.2, 0.25) is 0 Å². The molecule has 1 amide bonds. The Morgan fingerprint density at radius 2 is 2.03 bits per heavy atom. The highest BCUT2D eigenvalue weighted by atomic mass is 16.5. The number of carbonyl (C=O) groups excluding carboxylic acids is 1. The highest BCUT2D eigenvalue weighted by Crippen LogP contribution is 2.30. The fraction of sp³-hybridized carbons (Fsp3) is 0.345. The first-order valence-electron chi connectivity index (χ1n) is 12.7. The Morgan fingerprint density at radius 1 is 1.17 bits per heavy atom. The van der Waals surface area contributed by atoms with Gasteiger partial charge in [0.2, 0.25) is 5.91 Å². The lowest BCUT2D eigenvalue weighted by Crippen LogP contribution is -2.43. The topological polar surface area (TPSA) is 71.8 Å². The van der Waals surface area contributed by atoms with Gasteiger partial charge in [0.1, 0.15) is 11.3 Å². The first-order chi connectivity index (χ1) is 17.5. The van der Waals surface area contributed by atoms with Crippen molar-refractivity contribution in [1.82, 2.24) is 19.9 Å². The number of fused-ring (bicyclic) bond motifs is 1. The maximum Gasteiger partial charge on any atom is 0.225 e. The number of aryl methyl sites for hydroxylation is 2. The van der Waals surface area contributed by atoms with E-state index in [1.807, 2.05) is 41.9 Å². The van der Waals surface area contributed by atoms with E-state index in [2.05, 4.69) is 48.3 Å². The maximum atomic E-state index is 13.1. The molecule has 1 aliphatic rings. The van der Waals surface area contributed by atoms with Crippen LogP contribution in [0.3, 0.4) is 0 Å². The molecule has 36 heavy (non-hydrogen) atoms. The molecule has 7 nitrogen and oxygen atoms in total. The zero-order valence-corrected chi connectivity index (χ0v) is 21.2. The van der Waals surface area contributed by atoms with Crippen molar-refractivity contribution in [2.24, 2.45) is 5.92 Å². The quantitative estimate of drug-likeness (QED) is 0.403. The summed E-state index contributed by atoms with van der Waals surface area (Å²) >= 11 is 0. The average molecular weight is 484 g/mol. The number of piperidine rings is 1. The van der Waals surface area contributed by atoms with E-state index in [1.165, 1.54) is 11.1 Å². The van der Waals surface area contributed by atoms with Crippen molar-refractivity contribution in [2.75, 3.05) is 24.6 Å². The monoisotopic (exact) mass is 483 g/mol. The van der Waals surface area contributed by atoms with Gasteiger partial charge in [0.05, 0.1) is 18.2 Å². The summed E-state index contributed by atoms with van der Waals surface area (Å²) in [4.78, 5) is 20.1. The van der Waals surface area contributed by atoms with Crippen LogP contribution < -0.4 is 15.0 Å². The molecule has 2 aromatic carbocycles. The summed E-state index contributed by atoms with van der Waals surface area (Å²) in [6, 6.07) is 16.4. The molecule has 7 heteroatoms. The molecule has 2 aromatic heterocycles. The zero-order valence-electron chi connectivity index (χ0n) is 21.2. The van der Waals surface area contributed by atoms with Crippen LogP contribution in [0.25, 0.3) is 16.8 Å². The van der Waals surface area contributed by atoms with Crippen LogP contribution in [0.15, 0.2) is 60.9 Å². The summed E-state index contributed by atoms with van der Waals surface area (Å²) in [6.07, 6.45) is 5.48. The fourth-order valence-corrected chi connectivity index (χ4v) is 5.04. The molecular weight excluding hydrogens is 450 g/mol. The minimum atomic E-state index is -0.0956. The smallest absolute Gasteiger partial charge is 0.225 e. The number of nitrogens with zero attached hydrogens (tertiary/aromatic N) is 4. The maximum absolute atomic E-state index is 13.1. The number of hydrogen-bond acceptors (Lipinski definition) is 5. The van der Waals surface area contributed by atoms with E-state index in [9.17, 15) is 4.79 Å². The molecule has 1 aliphatic heterocycles. The summed E-state index contributed by atoms with van der Waals surface area (Å²) in [5.74, 6) is 1.67. The summed E-state index contributed by atoms with van der Waals surface area (Å²) < 4.78 is 7.60. The van der Waals surface area contributed by atoms with Crippen LogP contribution in [-0.4, -0.2) is 40.2 Å². The van der Waals surface area contributed by atoms with E-state index in [4.69, 9.17) is 14.8 Å². The third kappa shape index (κ3) is 4.91. The van der Waals surface area contributed by atoms with Crippen molar-refractivity contribution >= 4 is 17.2 Å². The van der Waals surface area contributed by atoms with Gasteiger partial charge in [-0.25, -0.2) is 9.50 Å². The number of benzene rings is 2. The second-order valence-electron chi connectivity index (χ2n) is 9.47.